The number of likely N-dealkylation sites (tertiary alicyclic amines) is 1. The van der Waals surface area contributed by atoms with Crippen LogP contribution >= 0.6 is 23.2 Å². The van der Waals surface area contributed by atoms with Gasteiger partial charge in [-0.05, 0) is 6.07 Å². The fraction of sp³-hybridized carbons (Fsp3) is 0.455. The number of esters is 1. The van der Waals surface area contributed by atoms with Crippen molar-refractivity contribution in [3.8, 4) is 0 Å². The van der Waals surface area contributed by atoms with Crippen LogP contribution in [0.15, 0.2) is 6.07 Å². The number of ether oxygens (including phenoxy) is 1. The highest BCUT2D eigenvalue weighted by Crippen LogP contribution is 2.26. The summed E-state index contributed by atoms with van der Waals surface area (Å²) in [6, 6.07) is 0.582. The van der Waals surface area contributed by atoms with Crippen LogP contribution in [0.4, 0.5) is 0 Å². The van der Waals surface area contributed by atoms with E-state index in [4.69, 9.17) is 23.2 Å². The van der Waals surface area contributed by atoms with E-state index >= 15 is 0 Å². The van der Waals surface area contributed by atoms with Crippen molar-refractivity contribution in [2.45, 2.75) is 18.6 Å². The van der Waals surface area contributed by atoms with Gasteiger partial charge in [-0.25, -0.2) is 4.79 Å². The lowest BCUT2D eigenvalue weighted by atomic mass is 10.2. The van der Waals surface area contributed by atoms with Gasteiger partial charge in [-0.1, -0.05) is 23.2 Å². The zero-order valence-corrected chi connectivity index (χ0v) is 11.5. The van der Waals surface area contributed by atoms with Crippen LogP contribution in [0.2, 0.25) is 10.2 Å². The lowest BCUT2D eigenvalue weighted by Crippen LogP contribution is -2.41. The number of hydrogen-bond donors (Lipinski definition) is 2. The summed E-state index contributed by atoms with van der Waals surface area (Å²) >= 11 is 11.5. The van der Waals surface area contributed by atoms with Crippen molar-refractivity contribution in [2.75, 3.05) is 13.7 Å². The fourth-order valence-electron chi connectivity index (χ4n) is 2.07. The minimum Gasteiger partial charge on any atom is -0.467 e. The number of nitrogens with one attached hydrogen (secondary N) is 1. The number of aromatic amines is 1. The maximum Gasteiger partial charge on any atom is 0.328 e. The van der Waals surface area contributed by atoms with E-state index in [9.17, 15) is 14.7 Å². The number of amides is 1. The van der Waals surface area contributed by atoms with Gasteiger partial charge in [0.1, 0.15) is 16.9 Å². The summed E-state index contributed by atoms with van der Waals surface area (Å²) in [6.45, 7) is 0.0624. The second kappa shape index (κ2) is 5.40. The summed E-state index contributed by atoms with van der Waals surface area (Å²) in [7, 11) is 1.23. The molecule has 0 aliphatic carbocycles. The van der Waals surface area contributed by atoms with Crippen molar-refractivity contribution in [1.82, 2.24) is 9.88 Å². The Hall–Kier alpha value is -1.24. The lowest BCUT2D eigenvalue weighted by molar-refractivity contribution is -0.145. The van der Waals surface area contributed by atoms with Crippen LogP contribution in [-0.4, -0.2) is 52.7 Å². The fourth-order valence-corrected chi connectivity index (χ4v) is 2.38. The van der Waals surface area contributed by atoms with Crippen LogP contribution in [0, 0.1) is 0 Å². The third-order valence-corrected chi connectivity index (χ3v) is 3.66. The Morgan fingerprint density at radius 2 is 2.21 bits per heavy atom. The Morgan fingerprint density at radius 3 is 2.74 bits per heavy atom. The first-order valence-electron chi connectivity index (χ1n) is 5.55. The average molecular weight is 307 g/mol. The Bertz CT molecular complexity index is 497. The number of aliphatic hydroxyl groups is 1. The summed E-state index contributed by atoms with van der Waals surface area (Å²) in [4.78, 5) is 27.7. The molecule has 1 aliphatic heterocycles. The normalized spacial score (nSPS) is 22.6. The number of methoxy groups -OCH3 is 1. The van der Waals surface area contributed by atoms with Crippen molar-refractivity contribution >= 4 is 35.1 Å². The predicted octanol–water partition coefficient (Wildman–Crippen LogP) is 1.07. The number of aliphatic hydroxyl groups excluding tert-OH is 1. The molecule has 2 heterocycles. The van der Waals surface area contributed by atoms with Crippen molar-refractivity contribution in [1.29, 1.82) is 0 Å². The molecule has 1 amide bonds. The maximum absolute atomic E-state index is 12.2. The minimum absolute atomic E-state index is 0.0624. The Morgan fingerprint density at radius 1 is 1.53 bits per heavy atom. The molecule has 1 aliphatic rings. The summed E-state index contributed by atoms with van der Waals surface area (Å²) < 4.78 is 4.62. The van der Waals surface area contributed by atoms with Gasteiger partial charge in [-0.3, -0.25) is 4.79 Å². The Labute approximate surface area is 119 Å². The highest BCUT2D eigenvalue weighted by Gasteiger charge is 2.40. The summed E-state index contributed by atoms with van der Waals surface area (Å²) in [5.41, 5.74) is 0.165. The number of H-pyrrole nitrogens is 1. The van der Waals surface area contributed by atoms with E-state index in [1.54, 1.807) is 0 Å². The van der Waals surface area contributed by atoms with Crippen LogP contribution in [0.25, 0.3) is 0 Å². The molecule has 0 saturated carbocycles. The maximum atomic E-state index is 12.2. The number of rotatable bonds is 2. The first kappa shape index (κ1) is 14.2. The molecule has 2 N–H and O–H groups in total. The standard InChI is InChI=1S/C11H12Cl2N2O4/c1-19-11(18)8-2-5(16)4-15(8)10(17)7-3-6(12)9(13)14-7/h3,5,8,14,16H,2,4H2,1H3. The summed E-state index contributed by atoms with van der Waals surface area (Å²) in [5.74, 6) is -1.02. The lowest BCUT2D eigenvalue weighted by Gasteiger charge is -2.21. The topological polar surface area (TPSA) is 82.6 Å². The van der Waals surface area contributed by atoms with Crippen molar-refractivity contribution in [3.05, 3.63) is 21.9 Å². The number of halogens is 2. The van der Waals surface area contributed by atoms with Gasteiger partial charge in [-0.15, -0.1) is 0 Å². The van der Waals surface area contributed by atoms with E-state index in [1.807, 2.05) is 0 Å². The van der Waals surface area contributed by atoms with Crippen molar-refractivity contribution in [3.63, 3.8) is 0 Å². The highest BCUT2D eigenvalue weighted by molar-refractivity contribution is 6.41. The van der Waals surface area contributed by atoms with Crippen LogP contribution in [0.5, 0.6) is 0 Å². The van der Waals surface area contributed by atoms with Gasteiger partial charge in [0, 0.05) is 13.0 Å². The van der Waals surface area contributed by atoms with E-state index in [0.717, 1.165) is 0 Å². The van der Waals surface area contributed by atoms with Gasteiger partial charge in [0.05, 0.1) is 18.2 Å². The number of nitrogens with zero attached hydrogens (tertiary/aromatic N) is 1. The molecule has 19 heavy (non-hydrogen) atoms. The molecule has 8 heteroatoms. The summed E-state index contributed by atoms with van der Waals surface area (Å²) in [6.07, 6.45) is -0.602. The van der Waals surface area contributed by atoms with Crippen LogP contribution in [0.3, 0.4) is 0 Å². The zero-order valence-electron chi connectivity index (χ0n) is 10.0. The third kappa shape index (κ3) is 2.70. The average Bonchev–Trinajstić information content (AvgIpc) is 2.92. The largest absolute Gasteiger partial charge is 0.467 e. The molecule has 1 fully saturated rings. The van der Waals surface area contributed by atoms with Crippen LogP contribution < -0.4 is 0 Å². The van der Waals surface area contributed by atoms with Gasteiger partial charge < -0.3 is 19.7 Å². The molecule has 1 aromatic rings. The Balaban J connectivity index is 2.24. The Kier molecular flexibility index (Phi) is 4.03. The van der Waals surface area contributed by atoms with Crippen LogP contribution in [0.1, 0.15) is 16.9 Å². The molecule has 0 radical (unpaired) electrons. The number of hydrogen-bond acceptors (Lipinski definition) is 4. The first-order valence-corrected chi connectivity index (χ1v) is 6.30. The first-order chi connectivity index (χ1) is 8.93. The quantitative estimate of drug-likeness (QED) is 0.801. The second-order valence-electron chi connectivity index (χ2n) is 4.23. The predicted molar refractivity (Wildman–Crippen MR) is 68.3 cm³/mol. The molecular weight excluding hydrogens is 295 g/mol. The molecule has 0 aromatic carbocycles. The highest BCUT2D eigenvalue weighted by atomic mass is 35.5. The molecule has 2 unspecified atom stereocenters. The molecule has 2 rings (SSSR count). The van der Waals surface area contributed by atoms with Crippen molar-refractivity contribution in [2.24, 2.45) is 0 Å². The number of carbonyl (C=O) groups excluding carboxylic acids is 2. The van der Waals surface area contributed by atoms with Gasteiger partial charge in [0.15, 0.2) is 0 Å². The number of β-amino-alcohol motifs (C(OH)–C–C–N with tert-alkyl or cyclic N) is 1. The molecule has 2 atom stereocenters. The molecule has 6 nitrogen and oxygen atoms in total. The number of aromatic nitrogens is 1. The molecule has 0 bridgehead atoms. The van der Waals surface area contributed by atoms with Crippen molar-refractivity contribution < 1.29 is 19.4 Å². The molecular formula is C11H12Cl2N2O4. The zero-order chi connectivity index (χ0) is 14.2. The van der Waals surface area contributed by atoms with E-state index in [0.29, 0.717) is 0 Å². The minimum atomic E-state index is -0.798. The van der Waals surface area contributed by atoms with Gasteiger partial charge in [0.2, 0.25) is 0 Å². The van der Waals surface area contributed by atoms with Crippen LogP contribution in [-0.2, 0) is 9.53 Å². The smallest absolute Gasteiger partial charge is 0.328 e. The SMILES string of the molecule is COC(=O)C1CC(O)CN1C(=O)c1cc(Cl)c(Cl)[nH]1. The van der Waals surface area contributed by atoms with E-state index in [1.165, 1.54) is 18.1 Å². The van der Waals surface area contributed by atoms with Gasteiger partial charge >= 0.3 is 5.97 Å². The monoisotopic (exact) mass is 306 g/mol. The number of carbonyl (C=O) groups is 2. The van der Waals surface area contributed by atoms with E-state index in [-0.39, 0.29) is 28.8 Å². The van der Waals surface area contributed by atoms with Gasteiger partial charge in [0.25, 0.3) is 5.91 Å². The molecule has 1 saturated heterocycles. The van der Waals surface area contributed by atoms with E-state index < -0.39 is 24.0 Å². The molecule has 104 valence electrons. The summed E-state index contributed by atoms with van der Waals surface area (Å²) in [5, 5.41) is 9.98. The second-order valence-corrected chi connectivity index (χ2v) is 5.02. The van der Waals surface area contributed by atoms with E-state index in [2.05, 4.69) is 9.72 Å². The third-order valence-electron chi connectivity index (χ3n) is 2.97. The molecule has 1 aromatic heterocycles. The van der Waals surface area contributed by atoms with Gasteiger partial charge in [-0.2, -0.15) is 0 Å². The molecule has 0 spiro atoms.